The third-order valence-corrected chi connectivity index (χ3v) is 1.15. The SMILES string of the molecule is CN(C)CCC(=O)NCC#N. The third-order valence-electron chi connectivity index (χ3n) is 1.15. The lowest BCUT2D eigenvalue weighted by Gasteiger charge is -2.07. The first-order valence-corrected chi connectivity index (χ1v) is 3.45. The number of nitrogens with one attached hydrogen (secondary N) is 1. The van der Waals surface area contributed by atoms with Crippen LogP contribution in [0.5, 0.6) is 0 Å². The number of carbonyl (C=O) groups is 1. The van der Waals surface area contributed by atoms with Crippen molar-refractivity contribution in [3.63, 3.8) is 0 Å². The fraction of sp³-hybridized carbons (Fsp3) is 0.714. The summed E-state index contributed by atoms with van der Waals surface area (Å²) in [5, 5.41) is 10.6. The number of nitriles is 1. The van der Waals surface area contributed by atoms with Crippen molar-refractivity contribution in [3.05, 3.63) is 0 Å². The zero-order valence-electron chi connectivity index (χ0n) is 6.92. The van der Waals surface area contributed by atoms with Gasteiger partial charge < -0.3 is 10.2 Å². The first-order chi connectivity index (χ1) is 5.16. The number of rotatable bonds is 4. The van der Waals surface area contributed by atoms with Crippen molar-refractivity contribution in [2.24, 2.45) is 0 Å². The quantitative estimate of drug-likeness (QED) is 0.561. The molecule has 62 valence electrons. The average molecular weight is 155 g/mol. The monoisotopic (exact) mass is 155 g/mol. The van der Waals surface area contributed by atoms with Crippen LogP contribution in [0.1, 0.15) is 6.42 Å². The van der Waals surface area contributed by atoms with Crippen LogP contribution >= 0.6 is 0 Å². The fourth-order valence-corrected chi connectivity index (χ4v) is 0.552. The standard InChI is InChI=1S/C7H13N3O/c1-10(2)6-3-7(11)9-5-4-8/h3,5-6H2,1-2H3,(H,9,11). The Kier molecular flexibility index (Phi) is 5.13. The number of amides is 1. The van der Waals surface area contributed by atoms with E-state index in [0.717, 1.165) is 6.54 Å². The molecule has 0 saturated heterocycles. The summed E-state index contributed by atoms with van der Waals surface area (Å²) in [7, 11) is 3.80. The second kappa shape index (κ2) is 5.69. The molecule has 0 aromatic heterocycles. The molecule has 0 aliphatic heterocycles. The van der Waals surface area contributed by atoms with Crippen LogP contribution in [0.15, 0.2) is 0 Å². The van der Waals surface area contributed by atoms with Gasteiger partial charge in [-0.15, -0.1) is 0 Å². The molecule has 0 aromatic carbocycles. The maximum atomic E-state index is 10.8. The summed E-state index contributed by atoms with van der Waals surface area (Å²) in [6.07, 6.45) is 0.453. The van der Waals surface area contributed by atoms with Gasteiger partial charge in [-0.05, 0) is 14.1 Å². The molecular weight excluding hydrogens is 142 g/mol. The summed E-state index contributed by atoms with van der Waals surface area (Å²) in [6, 6.07) is 1.84. The maximum absolute atomic E-state index is 10.8. The number of hydrogen-bond acceptors (Lipinski definition) is 3. The van der Waals surface area contributed by atoms with Crippen molar-refractivity contribution in [2.75, 3.05) is 27.2 Å². The Morgan fingerprint density at radius 2 is 2.27 bits per heavy atom. The summed E-state index contributed by atoms with van der Waals surface area (Å²) in [4.78, 5) is 12.7. The molecule has 0 aliphatic carbocycles. The highest BCUT2D eigenvalue weighted by atomic mass is 16.1. The normalized spacial score (nSPS) is 9.27. The van der Waals surface area contributed by atoms with Crippen LogP contribution in [0.25, 0.3) is 0 Å². The van der Waals surface area contributed by atoms with E-state index < -0.39 is 0 Å². The van der Waals surface area contributed by atoms with E-state index in [2.05, 4.69) is 5.32 Å². The minimum absolute atomic E-state index is 0.0692. The lowest BCUT2D eigenvalue weighted by molar-refractivity contribution is -0.121. The predicted molar refractivity (Wildman–Crippen MR) is 41.8 cm³/mol. The summed E-state index contributed by atoms with van der Waals surface area (Å²) >= 11 is 0. The molecule has 0 bridgehead atoms. The van der Waals surface area contributed by atoms with Crippen molar-refractivity contribution in [3.8, 4) is 6.07 Å². The smallest absolute Gasteiger partial charge is 0.222 e. The molecule has 0 unspecified atom stereocenters. The van der Waals surface area contributed by atoms with E-state index in [9.17, 15) is 4.79 Å². The minimum atomic E-state index is -0.0692. The number of nitrogens with zero attached hydrogens (tertiary/aromatic N) is 2. The molecule has 4 heteroatoms. The van der Waals surface area contributed by atoms with Crippen LogP contribution in [0, 0.1) is 11.3 Å². The average Bonchev–Trinajstić information content (AvgIpc) is 1.97. The molecule has 0 spiro atoms. The van der Waals surface area contributed by atoms with Gasteiger partial charge in [0, 0.05) is 13.0 Å². The maximum Gasteiger partial charge on any atom is 0.222 e. The van der Waals surface area contributed by atoms with Gasteiger partial charge in [-0.2, -0.15) is 5.26 Å². The van der Waals surface area contributed by atoms with Gasteiger partial charge in [0.05, 0.1) is 6.07 Å². The van der Waals surface area contributed by atoms with E-state index >= 15 is 0 Å². The van der Waals surface area contributed by atoms with E-state index in [-0.39, 0.29) is 12.5 Å². The third kappa shape index (κ3) is 6.81. The summed E-state index contributed by atoms with van der Waals surface area (Å²) in [5.41, 5.74) is 0. The van der Waals surface area contributed by atoms with Gasteiger partial charge in [0.15, 0.2) is 0 Å². The van der Waals surface area contributed by atoms with E-state index in [1.165, 1.54) is 0 Å². The Labute approximate surface area is 66.8 Å². The molecule has 0 aromatic rings. The van der Waals surface area contributed by atoms with Crippen LogP contribution in [0.2, 0.25) is 0 Å². The largest absolute Gasteiger partial charge is 0.343 e. The van der Waals surface area contributed by atoms with Crippen molar-refractivity contribution in [2.45, 2.75) is 6.42 Å². The summed E-state index contributed by atoms with van der Waals surface area (Å²) in [6.45, 7) is 0.823. The highest BCUT2D eigenvalue weighted by molar-refractivity contribution is 5.76. The Hall–Kier alpha value is -1.08. The lowest BCUT2D eigenvalue weighted by atomic mass is 10.4. The molecule has 0 fully saturated rings. The highest BCUT2D eigenvalue weighted by Crippen LogP contribution is 1.81. The lowest BCUT2D eigenvalue weighted by Crippen LogP contribution is -2.27. The molecule has 11 heavy (non-hydrogen) atoms. The Bertz CT molecular complexity index is 160. The van der Waals surface area contributed by atoms with Crippen molar-refractivity contribution in [1.82, 2.24) is 10.2 Å². The second-order valence-electron chi connectivity index (χ2n) is 2.49. The molecule has 0 heterocycles. The van der Waals surface area contributed by atoms with Crippen LogP contribution < -0.4 is 5.32 Å². The molecule has 0 aliphatic rings. The molecule has 0 rings (SSSR count). The first kappa shape index (κ1) is 9.92. The molecule has 0 atom stereocenters. The van der Waals surface area contributed by atoms with Crippen molar-refractivity contribution in [1.29, 1.82) is 5.26 Å². The first-order valence-electron chi connectivity index (χ1n) is 3.45. The van der Waals surface area contributed by atoms with E-state index in [0.29, 0.717) is 6.42 Å². The van der Waals surface area contributed by atoms with E-state index in [1.807, 2.05) is 25.1 Å². The van der Waals surface area contributed by atoms with Gasteiger partial charge >= 0.3 is 0 Å². The Morgan fingerprint density at radius 3 is 2.73 bits per heavy atom. The molecule has 0 saturated carbocycles. The Morgan fingerprint density at radius 1 is 1.64 bits per heavy atom. The highest BCUT2D eigenvalue weighted by Gasteiger charge is 1.99. The van der Waals surface area contributed by atoms with E-state index in [4.69, 9.17) is 5.26 Å². The van der Waals surface area contributed by atoms with Crippen LogP contribution in [0.3, 0.4) is 0 Å². The molecular formula is C7H13N3O. The summed E-state index contributed by atoms with van der Waals surface area (Å²) in [5.74, 6) is -0.0692. The topological polar surface area (TPSA) is 56.1 Å². The van der Waals surface area contributed by atoms with Gasteiger partial charge in [-0.1, -0.05) is 0 Å². The van der Waals surface area contributed by atoms with Gasteiger partial charge in [-0.25, -0.2) is 0 Å². The van der Waals surface area contributed by atoms with E-state index in [1.54, 1.807) is 0 Å². The molecule has 0 radical (unpaired) electrons. The molecule has 4 nitrogen and oxygen atoms in total. The fourth-order valence-electron chi connectivity index (χ4n) is 0.552. The zero-order chi connectivity index (χ0) is 8.69. The van der Waals surface area contributed by atoms with Gasteiger partial charge in [-0.3, -0.25) is 4.79 Å². The van der Waals surface area contributed by atoms with Crippen LogP contribution in [-0.4, -0.2) is 38.0 Å². The Balaban J connectivity index is 3.32. The van der Waals surface area contributed by atoms with Gasteiger partial charge in [0.1, 0.15) is 6.54 Å². The number of carbonyl (C=O) groups excluding carboxylic acids is 1. The zero-order valence-corrected chi connectivity index (χ0v) is 6.92. The van der Waals surface area contributed by atoms with Gasteiger partial charge in [0.25, 0.3) is 0 Å². The second-order valence-corrected chi connectivity index (χ2v) is 2.49. The van der Waals surface area contributed by atoms with Gasteiger partial charge in [0.2, 0.25) is 5.91 Å². The number of hydrogen-bond donors (Lipinski definition) is 1. The van der Waals surface area contributed by atoms with Crippen molar-refractivity contribution < 1.29 is 4.79 Å². The van der Waals surface area contributed by atoms with Crippen LogP contribution in [0.4, 0.5) is 0 Å². The molecule has 1 amide bonds. The van der Waals surface area contributed by atoms with Crippen LogP contribution in [-0.2, 0) is 4.79 Å². The summed E-state index contributed by atoms with van der Waals surface area (Å²) < 4.78 is 0. The minimum Gasteiger partial charge on any atom is -0.343 e. The molecule has 1 N–H and O–H groups in total. The predicted octanol–water partition coefficient (Wildman–Crippen LogP) is -0.422. The van der Waals surface area contributed by atoms with Crippen molar-refractivity contribution >= 4 is 5.91 Å².